The summed E-state index contributed by atoms with van der Waals surface area (Å²) in [6, 6.07) is 23.8. The summed E-state index contributed by atoms with van der Waals surface area (Å²) >= 11 is 5.64. The molecule has 3 rings (SSSR count). The van der Waals surface area contributed by atoms with E-state index in [2.05, 4.69) is 41.8 Å². The molecule has 0 aliphatic heterocycles. The van der Waals surface area contributed by atoms with E-state index in [0.717, 1.165) is 22.4 Å². The fraction of sp³-hybridized carbons (Fsp3) is 0.200. The van der Waals surface area contributed by atoms with E-state index in [1.807, 2.05) is 43.3 Å². The van der Waals surface area contributed by atoms with Crippen LogP contribution in [-0.4, -0.2) is 17.7 Å². The summed E-state index contributed by atoms with van der Waals surface area (Å²) in [4.78, 5) is 12.1. The van der Waals surface area contributed by atoms with Gasteiger partial charge in [-0.2, -0.15) is 0 Å². The number of aryl methyl sites for hydroxylation is 2. The highest BCUT2D eigenvalue weighted by atomic mass is 32.1. The number of benzene rings is 3. The molecule has 0 radical (unpaired) electrons. The number of thiocarbonyl (C=S) groups is 1. The van der Waals surface area contributed by atoms with E-state index in [1.165, 1.54) is 5.56 Å². The molecule has 2 N–H and O–H groups in total. The molecule has 0 spiro atoms. The van der Waals surface area contributed by atoms with Gasteiger partial charge in [-0.1, -0.05) is 60.7 Å². The van der Waals surface area contributed by atoms with Crippen LogP contribution in [-0.2, 0) is 4.74 Å². The monoisotopic (exact) mass is 418 g/mol. The standard InChI is InChI=1S/C25H26N2O2S/c1-4-29-24(28)20-15-14-18(3)22(16-20)26-25(30)27-23(19-11-6-5-7-12-19)21-13-9-8-10-17(21)2/h5-16,23H,4H2,1-3H3,(H2,26,27,30)/t23-/m0/s1. The summed E-state index contributed by atoms with van der Waals surface area (Å²) in [6.45, 7) is 6.19. The maximum absolute atomic E-state index is 12.1. The van der Waals surface area contributed by atoms with Crippen molar-refractivity contribution in [1.29, 1.82) is 0 Å². The Morgan fingerprint density at radius 1 is 0.967 bits per heavy atom. The van der Waals surface area contributed by atoms with Crippen LogP contribution < -0.4 is 10.6 Å². The first-order chi connectivity index (χ1) is 14.5. The molecular formula is C25H26N2O2S. The van der Waals surface area contributed by atoms with Crippen molar-refractivity contribution in [2.75, 3.05) is 11.9 Å². The lowest BCUT2D eigenvalue weighted by molar-refractivity contribution is 0.0526. The van der Waals surface area contributed by atoms with Gasteiger partial charge in [-0.05, 0) is 67.4 Å². The lowest BCUT2D eigenvalue weighted by Gasteiger charge is -2.24. The van der Waals surface area contributed by atoms with Gasteiger partial charge in [0.25, 0.3) is 0 Å². The van der Waals surface area contributed by atoms with Crippen molar-refractivity contribution in [3.05, 3.63) is 101 Å². The fourth-order valence-corrected chi connectivity index (χ4v) is 3.51. The minimum absolute atomic E-state index is 0.0963. The Bertz CT molecular complexity index is 1030. The van der Waals surface area contributed by atoms with E-state index >= 15 is 0 Å². The first-order valence-corrected chi connectivity index (χ1v) is 10.4. The van der Waals surface area contributed by atoms with Crippen LogP contribution in [0.3, 0.4) is 0 Å². The van der Waals surface area contributed by atoms with E-state index < -0.39 is 0 Å². The van der Waals surface area contributed by atoms with Crippen molar-refractivity contribution in [2.45, 2.75) is 26.8 Å². The van der Waals surface area contributed by atoms with Gasteiger partial charge in [0.1, 0.15) is 0 Å². The third-order valence-electron chi connectivity index (χ3n) is 4.90. The minimum Gasteiger partial charge on any atom is -0.462 e. The first kappa shape index (κ1) is 21.5. The van der Waals surface area contributed by atoms with Gasteiger partial charge < -0.3 is 15.4 Å². The van der Waals surface area contributed by atoms with Crippen LogP contribution in [0.5, 0.6) is 0 Å². The van der Waals surface area contributed by atoms with Crippen LogP contribution in [0.25, 0.3) is 0 Å². The molecule has 3 aromatic rings. The molecular weight excluding hydrogens is 392 g/mol. The van der Waals surface area contributed by atoms with Crippen molar-refractivity contribution in [2.24, 2.45) is 0 Å². The minimum atomic E-state index is -0.346. The quantitative estimate of drug-likeness (QED) is 0.406. The smallest absolute Gasteiger partial charge is 0.338 e. The number of ether oxygens (including phenoxy) is 1. The second-order valence-corrected chi connectivity index (χ2v) is 7.46. The zero-order chi connectivity index (χ0) is 21.5. The molecule has 154 valence electrons. The summed E-state index contributed by atoms with van der Waals surface area (Å²) in [5, 5.41) is 7.18. The highest BCUT2D eigenvalue weighted by Crippen LogP contribution is 2.25. The van der Waals surface area contributed by atoms with Crippen molar-refractivity contribution in [3.8, 4) is 0 Å². The zero-order valence-electron chi connectivity index (χ0n) is 17.4. The number of hydrogen-bond acceptors (Lipinski definition) is 3. The number of anilines is 1. The third-order valence-corrected chi connectivity index (χ3v) is 5.12. The van der Waals surface area contributed by atoms with Gasteiger partial charge in [-0.25, -0.2) is 4.79 Å². The van der Waals surface area contributed by atoms with Gasteiger partial charge in [0.2, 0.25) is 0 Å². The molecule has 0 heterocycles. The number of hydrogen-bond donors (Lipinski definition) is 2. The maximum Gasteiger partial charge on any atom is 0.338 e. The van der Waals surface area contributed by atoms with E-state index in [-0.39, 0.29) is 12.0 Å². The second kappa shape index (κ2) is 10.0. The summed E-state index contributed by atoms with van der Waals surface area (Å²) in [5.41, 5.74) is 5.71. The van der Waals surface area contributed by atoms with Crippen molar-refractivity contribution < 1.29 is 9.53 Å². The molecule has 5 heteroatoms. The molecule has 0 bridgehead atoms. The normalized spacial score (nSPS) is 11.4. The Labute approximate surface area is 183 Å². The summed E-state index contributed by atoms with van der Waals surface area (Å²) < 4.78 is 5.11. The largest absolute Gasteiger partial charge is 0.462 e. The average Bonchev–Trinajstić information content (AvgIpc) is 2.75. The molecule has 0 aliphatic carbocycles. The van der Waals surface area contributed by atoms with Crippen LogP contribution in [0, 0.1) is 13.8 Å². The molecule has 0 amide bonds. The molecule has 0 unspecified atom stereocenters. The number of carbonyl (C=O) groups is 1. The van der Waals surface area contributed by atoms with Gasteiger partial charge in [0, 0.05) is 5.69 Å². The molecule has 0 fully saturated rings. The third kappa shape index (κ3) is 5.24. The summed E-state index contributed by atoms with van der Waals surface area (Å²) in [7, 11) is 0. The molecule has 3 aromatic carbocycles. The molecule has 0 saturated carbocycles. The Balaban J connectivity index is 1.85. The lowest BCUT2D eigenvalue weighted by atomic mass is 9.95. The topological polar surface area (TPSA) is 50.4 Å². The SMILES string of the molecule is CCOC(=O)c1ccc(C)c(NC(=S)N[C@@H](c2ccccc2)c2ccccc2C)c1. The van der Waals surface area contributed by atoms with Gasteiger partial charge >= 0.3 is 5.97 Å². The van der Waals surface area contributed by atoms with Crippen molar-refractivity contribution >= 4 is 29.0 Å². The number of rotatable bonds is 6. The Morgan fingerprint density at radius 2 is 1.67 bits per heavy atom. The van der Waals surface area contributed by atoms with Crippen LogP contribution in [0.1, 0.15) is 45.6 Å². The molecule has 4 nitrogen and oxygen atoms in total. The first-order valence-electron chi connectivity index (χ1n) is 9.95. The second-order valence-electron chi connectivity index (χ2n) is 7.05. The molecule has 0 aromatic heterocycles. The summed E-state index contributed by atoms with van der Waals surface area (Å²) in [6.07, 6.45) is 0. The highest BCUT2D eigenvalue weighted by molar-refractivity contribution is 7.80. The van der Waals surface area contributed by atoms with E-state index in [0.29, 0.717) is 17.3 Å². The van der Waals surface area contributed by atoms with Crippen molar-refractivity contribution in [1.82, 2.24) is 5.32 Å². The molecule has 0 saturated heterocycles. The lowest BCUT2D eigenvalue weighted by Crippen LogP contribution is -2.33. The number of esters is 1. The van der Waals surface area contributed by atoms with Crippen LogP contribution in [0.15, 0.2) is 72.8 Å². The van der Waals surface area contributed by atoms with E-state index in [9.17, 15) is 4.79 Å². The van der Waals surface area contributed by atoms with Crippen LogP contribution >= 0.6 is 12.2 Å². The van der Waals surface area contributed by atoms with E-state index in [1.54, 1.807) is 19.1 Å². The maximum atomic E-state index is 12.1. The Morgan fingerprint density at radius 3 is 2.37 bits per heavy atom. The van der Waals surface area contributed by atoms with Crippen LogP contribution in [0.4, 0.5) is 5.69 Å². The molecule has 0 aliphatic rings. The van der Waals surface area contributed by atoms with E-state index in [4.69, 9.17) is 17.0 Å². The predicted molar refractivity (Wildman–Crippen MR) is 126 cm³/mol. The number of nitrogens with one attached hydrogen (secondary N) is 2. The highest BCUT2D eigenvalue weighted by Gasteiger charge is 2.17. The Kier molecular flexibility index (Phi) is 7.20. The fourth-order valence-electron chi connectivity index (χ4n) is 3.28. The van der Waals surface area contributed by atoms with Gasteiger partial charge in [0.05, 0.1) is 18.2 Å². The van der Waals surface area contributed by atoms with Crippen molar-refractivity contribution in [3.63, 3.8) is 0 Å². The van der Waals surface area contributed by atoms with Crippen LogP contribution in [0.2, 0.25) is 0 Å². The van der Waals surface area contributed by atoms with Gasteiger partial charge in [-0.3, -0.25) is 0 Å². The number of carbonyl (C=O) groups excluding carboxylic acids is 1. The predicted octanol–water partition coefficient (Wildman–Crippen LogP) is 5.56. The zero-order valence-corrected chi connectivity index (χ0v) is 18.3. The van der Waals surface area contributed by atoms with Gasteiger partial charge in [0.15, 0.2) is 5.11 Å². The van der Waals surface area contributed by atoms with Gasteiger partial charge in [-0.15, -0.1) is 0 Å². The average molecular weight is 419 g/mol. The Hall–Kier alpha value is -3.18. The molecule has 1 atom stereocenters. The molecule has 30 heavy (non-hydrogen) atoms. The summed E-state index contributed by atoms with van der Waals surface area (Å²) in [5.74, 6) is -0.346.